The van der Waals surface area contributed by atoms with E-state index in [1.165, 1.54) is 17.7 Å². The number of likely N-dealkylation sites (N-methyl/N-ethyl adjacent to an activating group) is 1. The zero-order chi connectivity index (χ0) is 21.4. The molecule has 0 unspecified atom stereocenters. The van der Waals surface area contributed by atoms with E-state index in [9.17, 15) is 0 Å². The number of aromatic nitrogens is 3. The second kappa shape index (κ2) is 8.77. The van der Waals surface area contributed by atoms with E-state index in [4.69, 9.17) is 21.6 Å². The quantitative estimate of drug-likeness (QED) is 0.601. The van der Waals surface area contributed by atoms with Gasteiger partial charge in [0.25, 0.3) is 0 Å². The number of piperazine rings is 1. The van der Waals surface area contributed by atoms with Crippen molar-refractivity contribution >= 4 is 23.1 Å². The molecule has 0 N–H and O–H groups in total. The van der Waals surface area contributed by atoms with E-state index >= 15 is 0 Å². The highest BCUT2D eigenvalue weighted by Gasteiger charge is 2.27. The third kappa shape index (κ3) is 3.93. The van der Waals surface area contributed by atoms with E-state index in [1.54, 1.807) is 0 Å². The van der Waals surface area contributed by atoms with Crippen LogP contribution in [0.1, 0.15) is 42.8 Å². The third-order valence-electron chi connectivity index (χ3n) is 6.87. The largest absolute Gasteiger partial charge is 0.355 e. The van der Waals surface area contributed by atoms with Crippen LogP contribution < -0.4 is 4.90 Å². The van der Waals surface area contributed by atoms with Crippen molar-refractivity contribution in [3.05, 3.63) is 58.6 Å². The van der Waals surface area contributed by atoms with Crippen LogP contribution in [0.5, 0.6) is 0 Å². The minimum absolute atomic E-state index is 0.312. The van der Waals surface area contributed by atoms with E-state index < -0.39 is 0 Å². The van der Waals surface area contributed by atoms with E-state index in [0.717, 1.165) is 67.9 Å². The molecule has 1 atom stereocenters. The lowest BCUT2D eigenvalue weighted by Gasteiger charge is -2.35. The van der Waals surface area contributed by atoms with Gasteiger partial charge in [-0.05, 0) is 56.6 Å². The van der Waals surface area contributed by atoms with Gasteiger partial charge in [-0.1, -0.05) is 30.7 Å². The van der Waals surface area contributed by atoms with Gasteiger partial charge in [0.05, 0.1) is 17.4 Å². The van der Waals surface area contributed by atoms with Crippen molar-refractivity contribution in [2.24, 2.45) is 0 Å². The zero-order valence-corrected chi connectivity index (χ0v) is 19.2. The third-order valence-corrected chi connectivity index (χ3v) is 7.26. The van der Waals surface area contributed by atoms with Crippen LogP contribution in [0.3, 0.4) is 0 Å². The smallest absolute Gasteiger partial charge is 0.139 e. The number of halogens is 1. The zero-order valence-electron chi connectivity index (χ0n) is 18.5. The van der Waals surface area contributed by atoms with E-state index in [-0.39, 0.29) is 0 Å². The molecule has 0 saturated carbocycles. The monoisotopic (exact) mass is 438 g/mol. The number of imidazole rings is 1. The van der Waals surface area contributed by atoms with Gasteiger partial charge in [0.15, 0.2) is 0 Å². The Hall–Kier alpha value is -2.15. The number of nitrogens with zero attached hydrogens (tertiary/aromatic N) is 6. The van der Waals surface area contributed by atoms with E-state index in [1.807, 2.05) is 12.3 Å². The first-order valence-corrected chi connectivity index (χ1v) is 11.8. The molecule has 7 heteroatoms. The number of hydrogen-bond acceptors (Lipinski definition) is 5. The summed E-state index contributed by atoms with van der Waals surface area (Å²) in [5.74, 6) is 1.14. The van der Waals surface area contributed by atoms with Gasteiger partial charge in [0.2, 0.25) is 0 Å². The molecule has 164 valence electrons. The fraction of sp³-hybridized carbons (Fsp3) is 0.500. The van der Waals surface area contributed by atoms with E-state index in [0.29, 0.717) is 12.6 Å². The summed E-state index contributed by atoms with van der Waals surface area (Å²) in [6, 6.07) is 10.9. The molecule has 0 spiro atoms. The van der Waals surface area contributed by atoms with Crippen molar-refractivity contribution < 1.29 is 0 Å². The summed E-state index contributed by atoms with van der Waals surface area (Å²) in [5, 5.41) is 0.729. The molecule has 5 rings (SSSR count). The first-order chi connectivity index (χ1) is 15.2. The molecular formula is C24H31ClN6. The number of aryl methyl sites for hydroxylation is 1. The molecule has 1 aliphatic carbocycles. The molecule has 0 aromatic carbocycles. The summed E-state index contributed by atoms with van der Waals surface area (Å²) in [4.78, 5) is 16.9. The molecule has 0 amide bonds. The second-order valence-electron chi connectivity index (χ2n) is 8.72. The highest BCUT2D eigenvalue weighted by atomic mass is 35.5. The lowest BCUT2D eigenvalue weighted by molar-refractivity contribution is 0.206. The normalized spacial score (nSPS) is 19.9. The predicted octanol–water partition coefficient (Wildman–Crippen LogP) is 4.03. The van der Waals surface area contributed by atoms with Crippen LogP contribution in [0.4, 0.5) is 5.82 Å². The van der Waals surface area contributed by atoms with Crippen LogP contribution in [-0.2, 0) is 13.0 Å². The Morgan fingerprint density at radius 3 is 2.77 bits per heavy atom. The van der Waals surface area contributed by atoms with Crippen LogP contribution in [0.2, 0.25) is 5.15 Å². The van der Waals surface area contributed by atoms with Crippen molar-refractivity contribution in [3.63, 3.8) is 0 Å². The Morgan fingerprint density at radius 2 is 1.97 bits per heavy atom. The molecule has 0 bridgehead atoms. The molecule has 1 fully saturated rings. The van der Waals surface area contributed by atoms with Crippen LogP contribution in [0.25, 0.3) is 5.65 Å². The minimum Gasteiger partial charge on any atom is -0.355 e. The summed E-state index contributed by atoms with van der Waals surface area (Å²) in [6.07, 6.45) is 5.35. The molecule has 31 heavy (non-hydrogen) atoms. The lowest BCUT2D eigenvalue weighted by atomic mass is 9.91. The average Bonchev–Trinajstić information content (AvgIpc) is 3.14. The molecule has 6 nitrogen and oxygen atoms in total. The highest BCUT2D eigenvalue weighted by Crippen LogP contribution is 2.34. The van der Waals surface area contributed by atoms with Gasteiger partial charge in [-0.3, -0.25) is 14.3 Å². The van der Waals surface area contributed by atoms with Gasteiger partial charge in [0, 0.05) is 38.9 Å². The Kier molecular flexibility index (Phi) is 5.87. The molecule has 2 aliphatic rings. The summed E-state index contributed by atoms with van der Waals surface area (Å²) in [5.41, 5.74) is 4.45. The molecule has 1 saturated heterocycles. The Bertz CT molecular complexity index is 1060. The van der Waals surface area contributed by atoms with Crippen molar-refractivity contribution in [3.8, 4) is 0 Å². The van der Waals surface area contributed by atoms with Gasteiger partial charge in [-0.2, -0.15) is 0 Å². The lowest BCUT2D eigenvalue weighted by Crippen LogP contribution is -2.46. The number of hydrogen-bond donors (Lipinski definition) is 0. The maximum atomic E-state index is 6.94. The SMILES string of the molecule is CCN1CCN(c2cccc3nc(CN(C)[C@H]4CCCc5cccnc54)c(Cl)n23)CC1. The average molecular weight is 439 g/mol. The number of rotatable bonds is 5. The first-order valence-electron chi connectivity index (χ1n) is 11.4. The molecule has 3 aromatic rings. The molecule has 1 aliphatic heterocycles. The Balaban J connectivity index is 1.41. The summed E-state index contributed by atoms with van der Waals surface area (Å²) < 4.78 is 2.12. The van der Waals surface area contributed by atoms with Gasteiger partial charge in [-0.25, -0.2) is 4.98 Å². The van der Waals surface area contributed by atoms with Gasteiger partial charge in [-0.15, -0.1) is 0 Å². The first kappa shape index (κ1) is 20.7. The fourth-order valence-corrected chi connectivity index (χ4v) is 5.36. The number of fused-ring (bicyclic) bond motifs is 2. The maximum absolute atomic E-state index is 6.94. The van der Waals surface area contributed by atoms with Crippen LogP contribution in [-0.4, -0.2) is 63.9 Å². The van der Waals surface area contributed by atoms with Crippen LogP contribution in [0, 0.1) is 0 Å². The Morgan fingerprint density at radius 1 is 1.13 bits per heavy atom. The highest BCUT2D eigenvalue weighted by molar-refractivity contribution is 6.30. The molecular weight excluding hydrogens is 408 g/mol. The molecule has 0 radical (unpaired) electrons. The maximum Gasteiger partial charge on any atom is 0.139 e. The van der Waals surface area contributed by atoms with Gasteiger partial charge in [0.1, 0.15) is 16.6 Å². The second-order valence-corrected chi connectivity index (χ2v) is 9.08. The van der Waals surface area contributed by atoms with Gasteiger partial charge >= 0.3 is 0 Å². The summed E-state index contributed by atoms with van der Waals surface area (Å²) >= 11 is 6.94. The van der Waals surface area contributed by atoms with Crippen molar-refractivity contribution in [1.82, 2.24) is 24.2 Å². The van der Waals surface area contributed by atoms with Crippen LogP contribution >= 0.6 is 11.6 Å². The molecule has 4 heterocycles. The van der Waals surface area contributed by atoms with E-state index in [2.05, 4.69) is 57.3 Å². The summed E-state index contributed by atoms with van der Waals surface area (Å²) in [6.45, 7) is 8.25. The van der Waals surface area contributed by atoms with Crippen molar-refractivity contribution in [2.45, 2.75) is 38.8 Å². The number of pyridine rings is 2. The van der Waals surface area contributed by atoms with Crippen molar-refractivity contribution in [1.29, 1.82) is 0 Å². The van der Waals surface area contributed by atoms with Crippen molar-refractivity contribution in [2.75, 3.05) is 44.7 Å². The Labute approximate surface area is 189 Å². The van der Waals surface area contributed by atoms with Crippen LogP contribution in [0.15, 0.2) is 36.5 Å². The van der Waals surface area contributed by atoms with Gasteiger partial charge < -0.3 is 9.80 Å². The standard InChI is InChI=1S/C24H31ClN6/c1-3-29-13-15-30(16-14-29)22-11-5-10-21-27-19(24(25)31(21)22)17-28(2)20-9-4-7-18-8-6-12-26-23(18)20/h5-6,8,10-12,20H,3-4,7,9,13-17H2,1-2H3/t20-/m0/s1. The topological polar surface area (TPSA) is 39.9 Å². The predicted molar refractivity (Wildman–Crippen MR) is 126 cm³/mol. The summed E-state index contributed by atoms with van der Waals surface area (Å²) in [7, 11) is 2.17. The number of anilines is 1. The fourth-order valence-electron chi connectivity index (χ4n) is 5.09. The molecule has 3 aromatic heterocycles. The minimum atomic E-state index is 0.312.